The van der Waals surface area contributed by atoms with Crippen molar-refractivity contribution >= 4 is 29.3 Å². The fraction of sp³-hybridized carbons (Fsp3) is 0.429. The first-order valence-electron chi connectivity index (χ1n) is 6.15. The van der Waals surface area contributed by atoms with Gasteiger partial charge in [-0.3, -0.25) is 0 Å². The summed E-state index contributed by atoms with van der Waals surface area (Å²) in [7, 11) is 1.29. The Morgan fingerprint density at radius 3 is 2.50 bits per heavy atom. The predicted molar refractivity (Wildman–Crippen MR) is 79.3 cm³/mol. The Kier molecular flexibility index (Phi) is 5.39. The topological polar surface area (TPSA) is 67.4 Å². The number of nitrogens with one attached hydrogen (secondary N) is 2. The van der Waals surface area contributed by atoms with Crippen molar-refractivity contribution < 1.29 is 14.3 Å². The number of methoxy groups -OCH3 is 1. The number of urea groups is 1. The average Bonchev–Trinajstić information content (AvgIpc) is 2.37. The summed E-state index contributed by atoms with van der Waals surface area (Å²) < 4.78 is 4.62. The second kappa shape index (κ2) is 6.61. The van der Waals surface area contributed by atoms with E-state index in [0.717, 1.165) is 0 Å². The molecule has 0 atom stereocenters. The zero-order valence-corrected chi connectivity index (χ0v) is 12.8. The van der Waals surface area contributed by atoms with Crippen molar-refractivity contribution in [3.63, 3.8) is 0 Å². The minimum atomic E-state index is -0.486. The molecule has 0 heterocycles. The molecule has 1 aromatic carbocycles. The standard InChI is InChI=1S/C14H19ClN2O3/c1-14(2,3)8-16-13(19)17-11-7-9(12(18)20-4)5-6-10(11)15/h5-7H,8H2,1-4H3,(H2,16,17,19). The Labute approximate surface area is 123 Å². The van der Waals surface area contributed by atoms with Gasteiger partial charge in [0.05, 0.1) is 23.4 Å². The van der Waals surface area contributed by atoms with E-state index in [0.29, 0.717) is 22.8 Å². The Hall–Kier alpha value is -1.75. The molecule has 0 spiro atoms. The van der Waals surface area contributed by atoms with Crippen molar-refractivity contribution in [1.82, 2.24) is 5.32 Å². The van der Waals surface area contributed by atoms with Crippen LogP contribution in [0.1, 0.15) is 31.1 Å². The van der Waals surface area contributed by atoms with Gasteiger partial charge in [-0.15, -0.1) is 0 Å². The van der Waals surface area contributed by atoms with Crippen LogP contribution in [0.2, 0.25) is 5.02 Å². The zero-order chi connectivity index (χ0) is 15.3. The first-order chi connectivity index (χ1) is 9.23. The Bertz CT molecular complexity index is 510. The van der Waals surface area contributed by atoms with Crippen LogP contribution < -0.4 is 10.6 Å². The fourth-order valence-corrected chi connectivity index (χ4v) is 1.54. The fourth-order valence-electron chi connectivity index (χ4n) is 1.38. The number of halogens is 1. The smallest absolute Gasteiger partial charge is 0.337 e. The van der Waals surface area contributed by atoms with Crippen LogP contribution in [-0.4, -0.2) is 25.7 Å². The number of anilines is 1. The van der Waals surface area contributed by atoms with Gasteiger partial charge >= 0.3 is 12.0 Å². The summed E-state index contributed by atoms with van der Waals surface area (Å²) in [4.78, 5) is 23.2. The highest BCUT2D eigenvalue weighted by Gasteiger charge is 2.14. The summed E-state index contributed by atoms with van der Waals surface area (Å²) in [5, 5.41) is 5.70. The normalized spacial score (nSPS) is 10.8. The molecule has 20 heavy (non-hydrogen) atoms. The Morgan fingerprint density at radius 1 is 1.30 bits per heavy atom. The molecule has 110 valence electrons. The number of amides is 2. The highest BCUT2D eigenvalue weighted by Crippen LogP contribution is 2.23. The number of carbonyl (C=O) groups excluding carboxylic acids is 2. The SMILES string of the molecule is COC(=O)c1ccc(Cl)c(NC(=O)NCC(C)(C)C)c1. The van der Waals surface area contributed by atoms with Crippen molar-refractivity contribution in [2.75, 3.05) is 19.0 Å². The lowest BCUT2D eigenvalue weighted by atomic mass is 9.97. The summed E-state index contributed by atoms with van der Waals surface area (Å²) in [5.74, 6) is -0.486. The predicted octanol–water partition coefficient (Wildman–Crippen LogP) is 3.29. The van der Waals surface area contributed by atoms with Gasteiger partial charge in [0.1, 0.15) is 0 Å². The Balaban J connectivity index is 2.76. The molecule has 2 amide bonds. The molecule has 0 radical (unpaired) electrons. The van der Waals surface area contributed by atoms with E-state index in [1.54, 1.807) is 0 Å². The van der Waals surface area contributed by atoms with E-state index in [2.05, 4.69) is 15.4 Å². The molecule has 0 aliphatic rings. The van der Waals surface area contributed by atoms with E-state index in [4.69, 9.17) is 11.6 Å². The number of esters is 1. The molecule has 0 saturated heterocycles. The quantitative estimate of drug-likeness (QED) is 0.841. The molecule has 0 fully saturated rings. The van der Waals surface area contributed by atoms with Crippen molar-refractivity contribution in [2.45, 2.75) is 20.8 Å². The van der Waals surface area contributed by atoms with Gasteiger partial charge in [0.25, 0.3) is 0 Å². The maximum absolute atomic E-state index is 11.8. The van der Waals surface area contributed by atoms with E-state index in [9.17, 15) is 9.59 Å². The number of hydrogen-bond donors (Lipinski definition) is 2. The second-order valence-corrected chi connectivity index (χ2v) is 5.96. The van der Waals surface area contributed by atoms with Gasteiger partial charge in [0.2, 0.25) is 0 Å². The maximum atomic E-state index is 11.8. The molecular formula is C14H19ClN2O3. The van der Waals surface area contributed by atoms with Crippen LogP contribution in [-0.2, 0) is 4.74 Å². The van der Waals surface area contributed by atoms with Crippen molar-refractivity contribution in [2.24, 2.45) is 5.41 Å². The van der Waals surface area contributed by atoms with Gasteiger partial charge in [-0.05, 0) is 23.6 Å². The van der Waals surface area contributed by atoms with Gasteiger partial charge in [-0.2, -0.15) is 0 Å². The number of benzene rings is 1. The van der Waals surface area contributed by atoms with Crippen LogP contribution in [0.3, 0.4) is 0 Å². The summed E-state index contributed by atoms with van der Waals surface area (Å²) in [6.45, 7) is 6.56. The van der Waals surface area contributed by atoms with Gasteiger partial charge in [-0.25, -0.2) is 9.59 Å². The lowest BCUT2D eigenvalue weighted by Crippen LogP contribution is -2.35. The summed E-state index contributed by atoms with van der Waals surface area (Å²) >= 11 is 5.98. The summed E-state index contributed by atoms with van der Waals surface area (Å²) in [6, 6.07) is 4.17. The molecule has 0 unspecified atom stereocenters. The van der Waals surface area contributed by atoms with E-state index >= 15 is 0 Å². The largest absolute Gasteiger partial charge is 0.465 e. The minimum absolute atomic E-state index is 0.0188. The monoisotopic (exact) mass is 298 g/mol. The number of rotatable bonds is 3. The molecule has 6 heteroatoms. The first-order valence-corrected chi connectivity index (χ1v) is 6.53. The van der Waals surface area contributed by atoms with E-state index < -0.39 is 5.97 Å². The molecule has 5 nitrogen and oxygen atoms in total. The van der Waals surface area contributed by atoms with Crippen molar-refractivity contribution in [1.29, 1.82) is 0 Å². The highest BCUT2D eigenvalue weighted by molar-refractivity contribution is 6.33. The van der Waals surface area contributed by atoms with Gasteiger partial charge in [0.15, 0.2) is 0 Å². The van der Waals surface area contributed by atoms with E-state index in [1.165, 1.54) is 25.3 Å². The third-order valence-electron chi connectivity index (χ3n) is 2.41. The lowest BCUT2D eigenvalue weighted by molar-refractivity contribution is 0.0600. The second-order valence-electron chi connectivity index (χ2n) is 5.55. The van der Waals surface area contributed by atoms with Crippen molar-refractivity contribution in [3.8, 4) is 0 Å². The minimum Gasteiger partial charge on any atom is -0.465 e. The third kappa shape index (κ3) is 5.09. The van der Waals surface area contributed by atoms with Crippen LogP contribution in [0, 0.1) is 5.41 Å². The van der Waals surface area contributed by atoms with Gasteiger partial charge in [-0.1, -0.05) is 32.4 Å². The molecule has 1 rings (SSSR count). The Morgan fingerprint density at radius 2 is 1.95 bits per heavy atom. The van der Waals surface area contributed by atoms with E-state index in [-0.39, 0.29) is 11.4 Å². The van der Waals surface area contributed by atoms with Gasteiger partial charge in [0, 0.05) is 6.54 Å². The first kappa shape index (κ1) is 16.3. The zero-order valence-electron chi connectivity index (χ0n) is 12.0. The average molecular weight is 299 g/mol. The van der Waals surface area contributed by atoms with Crippen LogP contribution >= 0.6 is 11.6 Å². The third-order valence-corrected chi connectivity index (χ3v) is 2.74. The summed E-state index contributed by atoms with van der Waals surface area (Å²) in [6.07, 6.45) is 0. The number of ether oxygens (including phenoxy) is 1. The van der Waals surface area contributed by atoms with Crippen molar-refractivity contribution in [3.05, 3.63) is 28.8 Å². The maximum Gasteiger partial charge on any atom is 0.337 e. The van der Waals surface area contributed by atoms with Crippen LogP contribution in [0.4, 0.5) is 10.5 Å². The van der Waals surface area contributed by atoms with Crippen LogP contribution in [0.15, 0.2) is 18.2 Å². The molecule has 0 aliphatic heterocycles. The lowest BCUT2D eigenvalue weighted by Gasteiger charge is -2.19. The molecule has 0 saturated carbocycles. The number of carbonyl (C=O) groups is 2. The van der Waals surface area contributed by atoms with Crippen LogP contribution in [0.5, 0.6) is 0 Å². The molecule has 0 aromatic heterocycles. The highest BCUT2D eigenvalue weighted by atomic mass is 35.5. The molecule has 0 bridgehead atoms. The van der Waals surface area contributed by atoms with Gasteiger partial charge < -0.3 is 15.4 Å². The molecule has 2 N–H and O–H groups in total. The number of hydrogen-bond acceptors (Lipinski definition) is 3. The molecule has 1 aromatic rings. The summed E-state index contributed by atoms with van der Waals surface area (Å²) in [5.41, 5.74) is 0.665. The molecule has 0 aliphatic carbocycles. The molecular weight excluding hydrogens is 280 g/mol. The van der Waals surface area contributed by atoms with Crippen LogP contribution in [0.25, 0.3) is 0 Å². The van der Waals surface area contributed by atoms with E-state index in [1.807, 2.05) is 20.8 Å².